The van der Waals surface area contributed by atoms with Gasteiger partial charge in [0, 0.05) is 22.4 Å². The number of rotatable bonds is 2. The van der Waals surface area contributed by atoms with E-state index in [1.807, 2.05) is 37.5 Å². The van der Waals surface area contributed by atoms with Crippen LogP contribution in [0.15, 0.2) is 36.7 Å². The van der Waals surface area contributed by atoms with Crippen molar-refractivity contribution in [1.29, 1.82) is 0 Å². The van der Waals surface area contributed by atoms with Crippen molar-refractivity contribution in [2.75, 3.05) is 0 Å². The van der Waals surface area contributed by atoms with Gasteiger partial charge in [-0.3, -0.25) is 4.68 Å². The molecule has 0 amide bonds. The molecule has 0 saturated heterocycles. The van der Waals surface area contributed by atoms with Crippen molar-refractivity contribution in [1.82, 2.24) is 9.78 Å². The van der Waals surface area contributed by atoms with Gasteiger partial charge in [-0.25, -0.2) is 0 Å². The first-order chi connectivity index (χ1) is 7.16. The minimum absolute atomic E-state index is 0.587. The van der Waals surface area contributed by atoms with Gasteiger partial charge in [0.2, 0.25) is 0 Å². The predicted molar refractivity (Wildman–Crippen MR) is 66.4 cm³/mol. The van der Waals surface area contributed by atoms with Gasteiger partial charge in [-0.15, -0.1) is 0 Å². The Morgan fingerprint density at radius 2 is 1.93 bits per heavy atom. The van der Waals surface area contributed by atoms with Crippen molar-refractivity contribution in [3.05, 3.63) is 51.4 Å². The lowest BCUT2D eigenvalue weighted by Gasteiger charge is -2.08. The van der Waals surface area contributed by atoms with Gasteiger partial charge in [-0.1, -0.05) is 12.1 Å². The van der Waals surface area contributed by atoms with E-state index in [0.29, 0.717) is 0 Å². The summed E-state index contributed by atoms with van der Waals surface area (Å²) in [6, 6.07) is 7.82. The maximum absolute atomic E-state index is 10.0. The van der Waals surface area contributed by atoms with Crippen LogP contribution in [0.4, 0.5) is 0 Å². The number of aliphatic hydroxyl groups is 1. The summed E-state index contributed by atoms with van der Waals surface area (Å²) in [5.74, 6) is 0. The highest BCUT2D eigenvalue weighted by atomic mass is 127. The molecular formula is C11H11IN2O. The number of nitrogens with zero attached hydrogens (tertiary/aromatic N) is 2. The van der Waals surface area contributed by atoms with Crippen molar-refractivity contribution in [2.45, 2.75) is 6.10 Å². The Labute approximate surface area is 102 Å². The number of benzene rings is 1. The zero-order chi connectivity index (χ0) is 10.8. The zero-order valence-corrected chi connectivity index (χ0v) is 10.4. The third-order valence-corrected chi connectivity index (χ3v) is 2.95. The highest BCUT2D eigenvalue weighted by molar-refractivity contribution is 14.1. The fraction of sp³-hybridized carbons (Fsp3) is 0.182. The van der Waals surface area contributed by atoms with Crippen molar-refractivity contribution < 1.29 is 5.11 Å². The summed E-state index contributed by atoms with van der Waals surface area (Å²) in [7, 11) is 1.84. The molecule has 0 aliphatic carbocycles. The van der Waals surface area contributed by atoms with E-state index in [9.17, 15) is 5.11 Å². The summed E-state index contributed by atoms with van der Waals surface area (Å²) in [6.45, 7) is 0. The first-order valence-electron chi connectivity index (χ1n) is 4.59. The summed E-state index contributed by atoms with van der Waals surface area (Å²) < 4.78 is 2.85. The lowest BCUT2D eigenvalue weighted by molar-refractivity contribution is 0.220. The standard InChI is InChI=1S/C11H11IN2O/c1-14-7-9(6-13-14)11(15)8-2-4-10(12)5-3-8/h2-7,11,15H,1H3. The molecule has 0 aliphatic heterocycles. The van der Waals surface area contributed by atoms with Crippen LogP contribution in [0.3, 0.4) is 0 Å². The van der Waals surface area contributed by atoms with Crippen LogP contribution in [-0.2, 0) is 7.05 Å². The number of aromatic nitrogens is 2. The van der Waals surface area contributed by atoms with Gasteiger partial charge >= 0.3 is 0 Å². The van der Waals surface area contributed by atoms with Gasteiger partial charge in [0.15, 0.2) is 0 Å². The topological polar surface area (TPSA) is 38.0 Å². The van der Waals surface area contributed by atoms with E-state index < -0.39 is 6.10 Å². The van der Waals surface area contributed by atoms with Crippen LogP contribution in [0.2, 0.25) is 0 Å². The maximum atomic E-state index is 10.0. The predicted octanol–water partition coefficient (Wildman–Crippen LogP) is 2.11. The first kappa shape index (κ1) is 10.6. The molecule has 0 saturated carbocycles. The second-order valence-electron chi connectivity index (χ2n) is 3.40. The minimum atomic E-state index is -0.587. The molecule has 0 radical (unpaired) electrons. The highest BCUT2D eigenvalue weighted by Gasteiger charge is 2.11. The molecule has 3 nitrogen and oxygen atoms in total. The number of hydrogen-bond donors (Lipinski definition) is 1. The van der Waals surface area contributed by atoms with E-state index >= 15 is 0 Å². The molecule has 2 aromatic rings. The second kappa shape index (κ2) is 4.32. The molecule has 1 unspecified atom stereocenters. The third-order valence-electron chi connectivity index (χ3n) is 2.23. The van der Waals surface area contributed by atoms with E-state index in [1.54, 1.807) is 10.9 Å². The number of aliphatic hydroxyl groups excluding tert-OH is 1. The first-order valence-corrected chi connectivity index (χ1v) is 5.67. The van der Waals surface area contributed by atoms with Crippen LogP contribution < -0.4 is 0 Å². The molecule has 0 spiro atoms. The Hall–Kier alpha value is -0.880. The molecule has 0 aliphatic rings. The quantitative estimate of drug-likeness (QED) is 0.862. The Morgan fingerprint density at radius 1 is 1.27 bits per heavy atom. The lowest BCUT2D eigenvalue weighted by Crippen LogP contribution is -1.98. The van der Waals surface area contributed by atoms with Gasteiger partial charge in [0.1, 0.15) is 6.10 Å². The maximum Gasteiger partial charge on any atom is 0.107 e. The molecule has 1 N–H and O–H groups in total. The molecule has 78 valence electrons. The second-order valence-corrected chi connectivity index (χ2v) is 4.65. The Morgan fingerprint density at radius 3 is 2.47 bits per heavy atom. The SMILES string of the molecule is Cn1cc(C(O)c2ccc(I)cc2)cn1. The summed E-state index contributed by atoms with van der Waals surface area (Å²) in [4.78, 5) is 0. The Balaban J connectivity index is 2.28. The Kier molecular flexibility index (Phi) is 3.06. The minimum Gasteiger partial charge on any atom is -0.384 e. The van der Waals surface area contributed by atoms with Gasteiger partial charge in [-0.2, -0.15) is 5.10 Å². The van der Waals surface area contributed by atoms with E-state index in [2.05, 4.69) is 27.7 Å². The summed E-state index contributed by atoms with van der Waals surface area (Å²) in [5, 5.41) is 14.1. The van der Waals surface area contributed by atoms with Crippen LogP contribution >= 0.6 is 22.6 Å². The summed E-state index contributed by atoms with van der Waals surface area (Å²) in [5.41, 5.74) is 1.71. The summed E-state index contributed by atoms with van der Waals surface area (Å²) in [6.07, 6.45) is 2.92. The van der Waals surface area contributed by atoms with Crippen molar-refractivity contribution in [3.8, 4) is 0 Å². The lowest BCUT2D eigenvalue weighted by atomic mass is 10.1. The van der Waals surface area contributed by atoms with Gasteiger partial charge in [0.05, 0.1) is 6.20 Å². The smallest absolute Gasteiger partial charge is 0.107 e. The van der Waals surface area contributed by atoms with E-state index in [4.69, 9.17) is 0 Å². The van der Waals surface area contributed by atoms with E-state index in [0.717, 1.165) is 14.7 Å². The molecule has 0 fully saturated rings. The van der Waals surface area contributed by atoms with Crippen LogP contribution in [0, 0.1) is 3.57 Å². The highest BCUT2D eigenvalue weighted by Crippen LogP contribution is 2.21. The average Bonchev–Trinajstić information content (AvgIpc) is 2.65. The van der Waals surface area contributed by atoms with Crippen LogP contribution in [-0.4, -0.2) is 14.9 Å². The van der Waals surface area contributed by atoms with Crippen molar-refractivity contribution in [3.63, 3.8) is 0 Å². The van der Waals surface area contributed by atoms with Gasteiger partial charge in [0.25, 0.3) is 0 Å². The number of halogens is 1. The van der Waals surface area contributed by atoms with Gasteiger partial charge < -0.3 is 5.11 Å². The molecular weight excluding hydrogens is 303 g/mol. The van der Waals surface area contributed by atoms with Crippen LogP contribution in [0.25, 0.3) is 0 Å². The van der Waals surface area contributed by atoms with Crippen LogP contribution in [0.1, 0.15) is 17.2 Å². The fourth-order valence-corrected chi connectivity index (χ4v) is 1.78. The largest absolute Gasteiger partial charge is 0.384 e. The molecule has 0 bridgehead atoms. The number of hydrogen-bond acceptors (Lipinski definition) is 2. The molecule has 1 atom stereocenters. The number of aryl methyl sites for hydroxylation is 1. The molecule has 1 aromatic heterocycles. The van der Waals surface area contributed by atoms with Crippen molar-refractivity contribution in [2.24, 2.45) is 7.05 Å². The Bertz CT molecular complexity index is 450. The van der Waals surface area contributed by atoms with Crippen molar-refractivity contribution >= 4 is 22.6 Å². The molecule has 2 rings (SSSR count). The monoisotopic (exact) mass is 314 g/mol. The molecule has 4 heteroatoms. The third kappa shape index (κ3) is 2.38. The van der Waals surface area contributed by atoms with Crippen LogP contribution in [0.5, 0.6) is 0 Å². The van der Waals surface area contributed by atoms with E-state index in [1.165, 1.54) is 0 Å². The normalized spacial score (nSPS) is 12.7. The fourth-order valence-electron chi connectivity index (χ4n) is 1.42. The zero-order valence-electron chi connectivity index (χ0n) is 8.26. The average molecular weight is 314 g/mol. The van der Waals surface area contributed by atoms with E-state index in [-0.39, 0.29) is 0 Å². The molecule has 1 heterocycles. The summed E-state index contributed by atoms with van der Waals surface area (Å²) >= 11 is 2.24. The van der Waals surface area contributed by atoms with Gasteiger partial charge in [-0.05, 0) is 40.3 Å². The molecule has 15 heavy (non-hydrogen) atoms. The molecule has 1 aromatic carbocycles.